The summed E-state index contributed by atoms with van der Waals surface area (Å²) >= 11 is 3.45. The Balaban J connectivity index is 3.27. The van der Waals surface area contributed by atoms with Crippen molar-refractivity contribution < 1.29 is 4.74 Å². The molecule has 0 radical (unpaired) electrons. The van der Waals surface area contributed by atoms with E-state index >= 15 is 0 Å². The van der Waals surface area contributed by atoms with Gasteiger partial charge in [0.1, 0.15) is 0 Å². The Kier molecular flexibility index (Phi) is 6.44. The molecule has 0 heterocycles. The third-order valence-corrected chi connectivity index (χ3v) is 2.62. The minimum absolute atomic E-state index is 0.692. The molecule has 0 aliphatic rings. The van der Waals surface area contributed by atoms with Gasteiger partial charge in [-0.05, 0) is 18.3 Å². The van der Waals surface area contributed by atoms with Gasteiger partial charge in [0.25, 0.3) is 0 Å². The third-order valence-electron chi connectivity index (χ3n) is 1.52. The van der Waals surface area contributed by atoms with Gasteiger partial charge in [0.05, 0.1) is 0 Å². The topological polar surface area (TPSA) is 9.23 Å². The molecule has 10 heavy (non-hydrogen) atoms. The summed E-state index contributed by atoms with van der Waals surface area (Å²) in [4.78, 5) is 0. The molecule has 0 aromatic rings. The van der Waals surface area contributed by atoms with Crippen LogP contribution in [0.4, 0.5) is 0 Å². The summed E-state index contributed by atoms with van der Waals surface area (Å²) in [5, 5.41) is 1.10. The van der Waals surface area contributed by atoms with Gasteiger partial charge in [-0.25, -0.2) is 0 Å². The number of hydrogen-bond acceptors (Lipinski definition) is 1. The molecule has 0 aliphatic carbocycles. The largest absolute Gasteiger partial charge is 0.384 e. The average Bonchev–Trinajstić information content (AvgIpc) is 1.88. The van der Waals surface area contributed by atoms with E-state index < -0.39 is 0 Å². The van der Waals surface area contributed by atoms with Crippen molar-refractivity contribution in [3.05, 3.63) is 0 Å². The summed E-state index contributed by atoms with van der Waals surface area (Å²) < 4.78 is 5.03. The third kappa shape index (κ3) is 5.24. The first-order chi connectivity index (χ1) is 4.70. The standard InChI is InChI=1S/C8H17BrO/c1-7(5-9)4-8(2)6-10-3/h7-8H,4-6H2,1-3H3. The Morgan fingerprint density at radius 3 is 2.30 bits per heavy atom. The SMILES string of the molecule is COCC(C)CC(C)CBr. The normalized spacial score (nSPS) is 16.8. The summed E-state index contributed by atoms with van der Waals surface area (Å²) in [6.45, 7) is 5.36. The van der Waals surface area contributed by atoms with E-state index in [0.717, 1.165) is 17.9 Å². The molecule has 0 saturated carbocycles. The van der Waals surface area contributed by atoms with Gasteiger partial charge in [-0.2, -0.15) is 0 Å². The number of alkyl halides is 1. The molecule has 0 saturated heterocycles. The lowest BCUT2D eigenvalue weighted by Gasteiger charge is -2.13. The molecular weight excluding hydrogens is 192 g/mol. The van der Waals surface area contributed by atoms with E-state index in [1.165, 1.54) is 6.42 Å². The zero-order valence-corrected chi connectivity index (χ0v) is 8.65. The van der Waals surface area contributed by atoms with Crippen LogP contribution < -0.4 is 0 Å². The van der Waals surface area contributed by atoms with E-state index in [0.29, 0.717) is 5.92 Å². The highest BCUT2D eigenvalue weighted by molar-refractivity contribution is 9.09. The van der Waals surface area contributed by atoms with Gasteiger partial charge < -0.3 is 4.74 Å². The zero-order chi connectivity index (χ0) is 7.98. The van der Waals surface area contributed by atoms with Crippen molar-refractivity contribution in [3.8, 4) is 0 Å². The molecular formula is C8H17BrO. The van der Waals surface area contributed by atoms with E-state index in [4.69, 9.17) is 4.74 Å². The zero-order valence-electron chi connectivity index (χ0n) is 7.06. The molecule has 0 N–H and O–H groups in total. The second-order valence-corrected chi connectivity index (χ2v) is 3.70. The monoisotopic (exact) mass is 208 g/mol. The van der Waals surface area contributed by atoms with Gasteiger partial charge >= 0.3 is 0 Å². The fourth-order valence-electron chi connectivity index (χ4n) is 1.10. The predicted molar refractivity (Wildman–Crippen MR) is 48.6 cm³/mol. The summed E-state index contributed by atoms with van der Waals surface area (Å²) in [5.74, 6) is 1.46. The fourth-order valence-corrected chi connectivity index (χ4v) is 1.37. The van der Waals surface area contributed by atoms with Gasteiger partial charge in [-0.15, -0.1) is 0 Å². The summed E-state index contributed by atoms with van der Waals surface area (Å²) in [6, 6.07) is 0. The molecule has 2 atom stereocenters. The van der Waals surface area contributed by atoms with Crippen molar-refractivity contribution in [2.24, 2.45) is 11.8 Å². The highest BCUT2D eigenvalue weighted by atomic mass is 79.9. The molecule has 0 aromatic carbocycles. The fraction of sp³-hybridized carbons (Fsp3) is 1.00. The molecule has 0 aliphatic heterocycles. The Labute approximate surface area is 72.3 Å². The van der Waals surface area contributed by atoms with Gasteiger partial charge in [-0.3, -0.25) is 0 Å². The lowest BCUT2D eigenvalue weighted by Crippen LogP contribution is -2.09. The van der Waals surface area contributed by atoms with Gasteiger partial charge in [0.2, 0.25) is 0 Å². The smallest absolute Gasteiger partial charge is 0.0487 e. The molecule has 0 spiro atoms. The highest BCUT2D eigenvalue weighted by Crippen LogP contribution is 2.13. The number of methoxy groups -OCH3 is 1. The van der Waals surface area contributed by atoms with E-state index in [1.54, 1.807) is 7.11 Å². The van der Waals surface area contributed by atoms with Crippen LogP contribution >= 0.6 is 15.9 Å². The van der Waals surface area contributed by atoms with Gasteiger partial charge in [-0.1, -0.05) is 29.8 Å². The first-order valence-electron chi connectivity index (χ1n) is 3.75. The van der Waals surface area contributed by atoms with Crippen LogP contribution in [-0.2, 0) is 4.74 Å². The van der Waals surface area contributed by atoms with Crippen molar-refractivity contribution in [1.29, 1.82) is 0 Å². The van der Waals surface area contributed by atoms with Gasteiger partial charge in [0.15, 0.2) is 0 Å². The molecule has 0 rings (SSSR count). The van der Waals surface area contributed by atoms with Crippen molar-refractivity contribution >= 4 is 15.9 Å². The molecule has 2 heteroatoms. The van der Waals surface area contributed by atoms with Gasteiger partial charge in [0, 0.05) is 19.0 Å². The van der Waals surface area contributed by atoms with Crippen molar-refractivity contribution in [1.82, 2.24) is 0 Å². The predicted octanol–water partition coefficient (Wildman–Crippen LogP) is 2.69. The van der Waals surface area contributed by atoms with Crippen molar-refractivity contribution in [2.45, 2.75) is 20.3 Å². The molecule has 62 valence electrons. The van der Waals surface area contributed by atoms with Crippen molar-refractivity contribution in [3.63, 3.8) is 0 Å². The maximum atomic E-state index is 5.03. The van der Waals surface area contributed by atoms with E-state index in [-0.39, 0.29) is 0 Å². The highest BCUT2D eigenvalue weighted by Gasteiger charge is 2.06. The Morgan fingerprint density at radius 1 is 1.30 bits per heavy atom. The van der Waals surface area contributed by atoms with Crippen LogP contribution in [0, 0.1) is 11.8 Å². The Hall–Kier alpha value is 0.440. The number of rotatable bonds is 5. The van der Waals surface area contributed by atoms with E-state index in [9.17, 15) is 0 Å². The second-order valence-electron chi connectivity index (χ2n) is 3.06. The van der Waals surface area contributed by atoms with E-state index in [2.05, 4.69) is 29.8 Å². The molecule has 2 unspecified atom stereocenters. The first kappa shape index (κ1) is 10.4. The van der Waals surface area contributed by atoms with Crippen LogP contribution in [0.2, 0.25) is 0 Å². The minimum Gasteiger partial charge on any atom is -0.384 e. The van der Waals surface area contributed by atoms with Crippen LogP contribution in [0.1, 0.15) is 20.3 Å². The Morgan fingerprint density at radius 2 is 1.90 bits per heavy atom. The van der Waals surface area contributed by atoms with Crippen LogP contribution in [-0.4, -0.2) is 19.0 Å². The quantitative estimate of drug-likeness (QED) is 0.632. The summed E-state index contributed by atoms with van der Waals surface area (Å²) in [6.07, 6.45) is 1.25. The molecule has 0 aromatic heterocycles. The first-order valence-corrected chi connectivity index (χ1v) is 4.87. The second kappa shape index (κ2) is 6.17. The number of hydrogen-bond donors (Lipinski definition) is 0. The minimum atomic E-state index is 0.692. The lowest BCUT2D eigenvalue weighted by atomic mass is 10.00. The molecule has 0 amide bonds. The molecule has 0 bridgehead atoms. The lowest BCUT2D eigenvalue weighted by molar-refractivity contribution is 0.149. The molecule has 1 nitrogen and oxygen atoms in total. The van der Waals surface area contributed by atoms with Crippen LogP contribution in [0.5, 0.6) is 0 Å². The number of ether oxygens (including phenoxy) is 1. The maximum absolute atomic E-state index is 5.03. The van der Waals surface area contributed by atoms with Crippen LogP contribution in [0.3, 0.4) is 0 Å². The average molecular weight is 209 g/mol. The number of halogens is 1. The summed E-state index contributed by atoms with van der Waals surface area (Å²) in [7, 11) is 1.76. The van der Waals surface area contributed by atoms with Crippen molar-refractivity contribution in [2.75, 3.05) is 19.0 Å². The molecule has 0 fully saturated rings. The summed E-state index contributed by atoms with van der Waals surface area (Å²) in [5.41, 5.74) is 0. The van der Waals surface area contributed by atoms with Crippen LogP contribution in [0.15, 0.2) is 0 Å². The Bertz CT molecular complexity index is 75.7. The van der Waals surface area contributed by atoms with Crippen LogP contribution in [0.25, 0.3) is 0 Å². The maximum Gasteiger partial charge on any atom is 0.0487 e. The van der Waals surface area contributed by atoms with E-state index in [1.807, 2.05) is 0 Å².